The number of halogens is 1. The predicted octanol–water partition coefficient (Wildman–Crippen LogP) is 2.09. The van der Waals surface area contributed by atoms with Crippen molar-refractivity contribution in [2.45, 2.75) is 19.4 Å². The fourth-order valence-corrected chi connectivity index (χ4v) is 2.42. The molecule has 4 nitrogen and oxygen atoms in total. The molecule has 92 valence electrons. The molecular formula is C12H15BrN2O2. The first-order valence-electron chi connectivity index (χ1n) is 5.61. The highest BCUT2D eigenvalue weighted by atomic mass is 79.9. The Morgan fingerprint density at radius 2 is 2.35 bits per heavy atom. The van der Waals surface area contributed by atoms with Gasteiger partial charge in [-0.3, -0.25) is 4.79 Å². The first kappa shape index (κ1) is 12.4. The summed E-state index contributed by atoms with van der Waals surface area (Å²) in [7, 11) is 0. The van der Waals surface area contributed by atoms with Crippen LogP contribution in [0.1, 0.15) is 13.3 Å². The third-order valence-electron chi connectivity index (χ3n) is 3.11. The molecule has 0 spiro atoms. The molecule has 0 bridgehead atoms. The molecule has 1 aliphatic rings. The molecule has 1 heterocycles. The lowest BCUT2D eigenvalue weighted by molar-refractivity contribution is -0.120. The van der Waals surface area contributed by atoms with E-state index in [-0.39, 0.29) is 23.6 Å². The van der Waals surface area contributed by atoms with E-state index >= 15 is 0 Å². The zero-order chi connectivity index (χ0) is 12.4. The topological polar surface area (TPSA) is 61.4 Å². The van der Waals surface area contributed by atoms with Crippen LogP contribution in [0.25, 0.3) is 0 Å². The normalized spacial score (nSPS) is 23.6. The molecule has 1 aliphatic heterocycles. The summed E-state index contributed by atoms with van der Waals surface area (Å²) in [5, 5.41) is 15.8. The van der Waals surface area contributed by atoms with Gasteiger partial charge in [-0.25, -0.2) is 0 Å². The quantitative estimate of drug-likeness (QED) is 0.733. The van der Waals surface area contributed by atoms with Crippen LogP contribution in [0.15, 0.2) is 22.7 Å². The highest BCUT2D eigenvalue weighted by Gasteiger charge is 2.29. The van der Waals surface area contributed by atoms with Gasteiger partial charge >= 0.3 is 0 Å². The summed E-state index contributed by atoms with van der Waals surface area (Å²) in [5.41, 5.74) is 0.448. The molecule has 2 unspecified atom stereocenters. The van der Waals surface area contributed by atoms with Crippen molar-refractivity contribution in [1.82, 2.24) is 5.32 Å². The van der Waals surface area contributed by atoms with Crippen molar-refractivity contribution >= 4 is 27.5 Å². The number of hydrogen-bond donors (Lipinski definition) is 3. The molecule has 1 aromatic carbocycles. The van der Waals surface area contributed by atoms with E-state index in [1.807, 2.05) is 6.92 Å². The molecule has 3 N–H and O–H groups in total. The minimum absolute atomic E-state index is 0.0339. The highest BCUT2D eigenvalue weighted by molar-refractivity contribution is 9.10. The van der Waals surface area contributed by atoms with Crippen molar-refractivity contribution in [3.8, 4) is 5.75 Å². The summed E-state index contributed by atoms with van der Waals surface area (Å²) in [6, 6.07) is 5.37. The number of benzene rings is 1. The number of para-hydroxylation sites is 1. The average Bonchev–Trinajstić information content (AvgIpc) is 2.71. The molecular weight excluding hydrogens is 284 g/mol. The van der Waals surface area contributed by atoms with E-state index < -0.39 is 0 Å². The second-order valence-electron chi connectivity index (χ2n) is 4.26. The van der Waals surface area contributed by atoms with Crippen LogP contribution in [0.2, 0.25) is 0 Å². The largest absolute Gasteiger partial charge is 0.505 e. The lowest BCUT2D eigenvalue weighted by Crippen LogP contribution is -2.32. The van der Waals surface area contributed by atoms with Gasteiger partial charge < -0.3 is 15.7 Å². The molecule has 0 radical (unpaired) electrons. The first-order valence-corrected chi connectivity index (χ1v) is 6.40. The van der Waals surface area contributed by atoms with Crippen molar-refractivity contribution in [3.05, 3.63) is 22.7 Å². The Labute approximate surface area is 109 Å². The number of hydrogen-bond acceptors (Lipinski definition) is 3. The van der Waals surface area contributed by atoms with E-state index in [1.165, 1.54) is 0 Å². The SMILES string of the molecule is CC1NCCC1C(=O)Nc1cccc(Br)c1O. The lowest BCUT2D eigenvalue weighted by atomic mass is 10.0. The minimum Gasteiger partial charge on any atom is -0.505 e. The van der Waals surface area contributed by atoms with Crippen molar-refractivity contribution in [2.75, 3.05) is 11.9 Å². The smallest absolute Gasteiger partial charge is 0.229 e. The second kappa shape index (κ2) is 5.06. The van der Waals surface area contributed by atoms with Gasteiger partial charge in [0.15, 0.2) is 5.75 Å². The van der Waals surface area contributed by atoms with Gasteiger partial charge in [0.25, 0.3) is 0 Å². The molecule has 0 aliphatic carbocycles. The predicted molar refractivity (Wildman–Crippen MR) is 70.0 cm³/mol. The monoisotopic (exact) mass is 298 g/mol. The molecule has 1 aromatic rings. The van der Waals surface area contributed by atoms with Crippen molar-refractivity contribution in [2.24, 2.45) is 5.92 Å². The van der Waals surface area contributed by atoms with E-state index in [2.05, 4.69) is 26.6 Å². The van der Waals surface area contributed by atoms with Crippen molar-refractivity contribution in [1.29, 1.82) is 0 Å². The summed E-state index contributed by atoms with van der Waals surface area (Å²) in [6.45, 7) is 2.86. The van der Waals surface area contributed by atoms with E-state index in [0.717, 1.165) is 13.0 Å². The van der Waals surface area contributed by atoms with Crippen LogP contribution < -0.4 is 10.6 Å². The van der Waals surface area contributed by atoms with Gasteiger partial charge in [0.2, 0.25) is 5.91 Å². The van der Waals surface area contributed by atoms with Crippen LogP contribution in [0.3, 0.4) is 0 Å². The highest BCUT2D eigenvalue weighted by Crippen LogP contribution is 2.32. The van der Waals surface area contributed by atoms with Gasteiger partial charge in [-0.2, -0.15) is 0 Å². The standard InChI is InChI=1S/C12H15BrN2O2/c1-7-8(5-6-14-7)12(17)15-10-4-2-3-9(13)11(10)16/h2-4,7-8,14,16H,5-6H2,1H3,(H,15,17). The molecule has 0 aromatic heterocycles. The fraction of sp³-hybridized carbons (Fsp3) is 0.417. The Hall–Kier alpha value is -1.07. The molecule has 1 amide bonds. The van der Waals surface area contributed by atoms with Crippen LogP contribution in [-0.2, 0) is 4.79 Å². The first-order chi connectivity index (χ1) is 8.09. The number of phenols is 1. The Bertz CT molecular complexity index is 437. The minimum atomic E-state index is -0.0455. The zero-order valence-electron chi connectivity index (χ0n) is 9.53. The number of amides is 1. The summed E-state index contributed by atoms with van der Waals surface area (Å²) in [6.07, 6.45) is 0.835. The Morgan fingerprint density at radius 1 is 1.59 bits per heavy atom. The van der Waals surface area contributed by atoms with Crippen LogP contribution in [-0.4, -0.2) is 23.6 Å². The number of phenolic OH excluding ortho intramolecular Hbond substituents is 1. The van der Waals surface area contributed by atoms with Crippen molar-refractivity contribution in [3.63, 3.8) is 0 Å². The molecule has 2 atom stereocenters. The maximum absolute atomic E-state index is 12.0. The Balaban J connectivity index is 2.10. The molecule has 17 heavy (non-hydrogen) atoms. The second-order valence-corrected chi connectivity index (χ2v) is 5.12. The van der Waals surface area contributed by atoms with E-state index in [4.69, 9.17) is 0 Å². The van der Waals surface area contributed by atoms with Gasteiger partial charge in [0.1, 0.15) is 0 Å². The summed E-state index contributed by atoms with van der Waals surface area (Å²) >= 11 is 3.22. The molecule has 5 heteroatoms. The number of anilines is 1. The summed E-state index contributed by atoms with van der Waals surface area (Å²) in [5.74, 6) is -0.0104. The lowest BCUT2D eigenvalue weighted by Gasteiger charge is -2.15. The molecule has 0 saturated carbocycles. The number of nitrogens with one attached hydrogen (secondary N) is 2. The van der Waals surface area contributed by atoms with Crippen LogP contribution in [0, 0.1) is 5.92 Å². The Morgan fingerprint density at radius 3 is 3.00 bits per heavy atom. The molecule has 2 rings (SSSR count). The van der Waals surface area contributed by atoms with Crippen LogP contribution in [0.4, 0.5) is 5.69 Å². The van der Waals surface area contributed by atoms with Crippen LogP contribution >= 0.6 is 15.9 Å². The van der Waals surface area contributed by atoms with Crippen LogP contribution in [0.5, 0.6) is 5.75 Å². The average molecular weight is 299 g/mol. The number of carbonyl (C=O) groups excluding carboxylic acids is 1. The van der Waals surface area contributed by atoms with Gasteiger partial charge in [-0.05, 0) is 48.0 Å². The van der Waals surface area contributed by atoms with E-state index in [0.29, 0.717) is 10.2 Å². The third kappa shape index (κ3) is 2.61. The number of carbonyl (C=O) groups is 1. The fourth-order valence-electron chi connectivity index (χ4n) is 2.06. The Kier molecular flexibility index (Phi) is 3.69. The number of aromatic hydroxyl groups is 1. The van der Waals surface area contributed by atoms with Gasteiger partial charge in [0.05, 0.1) is 16.1 Å². The number of rotatable bonds is 2. The summed E-state index contributed by atoms with van der Waals surface area (Å²) in [4.78, 5) is 12.0. The maximum atomic E-state index is 12.0. The van der Waals surface area contributed by atoms with Gasteiger partial charge in [-0.15, -0.1) is 0 Å². The van der Waals surface area contributed by atoms with Gasteiger partial charge in [-0.1, -0.05) is 6.07 Å². The van der Waals surface area contributed by atoms with E-state index in [9.17, 15) is 9.90 Å². The molecule has 1 fully saturated rings. The van der Waals surface area contributed by atoms with Crippen molar-refractivity contribution < 1.29 is 9.90 Å². The maximum Gasteiger partial charge on any atom is 0.229 e. The zero-order valence-corrected chi connectivity index (χ0v) is 11.1. The van der Waals surface area contributed by atoms with Gasteiger partial charge in [0, 0.05) is 6.04 Å². The van der Waals surface area contributed by atoms with E-state index in [1.54, 1.807) is 18.2 Å². The summed E-state index contributed by atoms with van der Waals surface area (Å²) < 4.78 is 0.577. The third-order valence-corrected chi connectivity index (χ3v) is 3.75. The molecule has 1 saturated heterocycles.